The fourth-order valence-corrected chi connectivity index (χ4v) is 3.30. The van der Waals surface area contributed by atoms with Gasteiger partial charge in [-0.25, -0.2) is 0 Å². The Bertz CT molecular complexity index is 372. The third kappa shape index (κ3) is 3.35. The van der Waals surface area contributed by atoms with Gasteiger partial charge in [0, 0.05) is 6.04 Å². The molecule has 1 aromatic carbocycles. The van der Waals surface area contributed by atoms with Crippen molar-refractivity contribution in [1.29, 1.82) is 0 Å². The number of hydrogen-bond donors (Lipinski definition) is 1. The molecule has 0 spiro atoms. The van der Waals surface area contributed by atoms with Gasteiger partial charge in [-0.15, -0.1) is 0 Å². The van der Waals surface area contributed by atoms with Gasteiger partial charge < -0.3 is 5.32 Å². The fraction of sp³-hybridized carbons (Fsp3) is 0.647. The van der Waals surface area contributed by atoms with Gasteiger partial charge in [-0.3, -0.25) is 0 Å². The summed E-state index contributed by atoms with van der Waals surface area (Å²) >= 11 is 0. The van der Waals surface area contributed by atoms with E-state index >= 15 is 0 Å². The molecule has 0 saturated heterocycles. The maximum atomic E-state index is 3.71. The quantitative estimate of drug-likeness (QED) is 0.828. The van der Waals surface area contributed by atoms with Gasteiger partial charge in [0.2, 0.25) is 0 Å². The molecule has 18 heavy (non-hydrogen) atoms. The summed E-state index contributed by atoms with van der Waals surface area (Å²) in [5.74, 6) is 1.68. The predicted octanol–water partition coefficient (Wildman–Crippen LogP) is 3.95. The zero-order valence-electron chi connectivity index (χ0n) is 12.1. The normalized spacial score (nSPS) is 27.6. The molecular weight excluding hydrogens is 218 g/mol. The van der Waals surface area contributed by atoms with Gasteiger partial charge in [-0.1, -0.05) is 43.7 Å². The third-order valence-electron chi connectivity index (χ3n) is 4.46. The Labute approximate surface area is 112 Å². The van der Waals surface area contributed by atoms with Crippen molar-refractivity contribution >= 4 is 0 Å². The van der Waals surface area contributed by atoms with Crippen LogP contribution in [0.5, 0.6) is 0 Å². The van der Waals surface area contributed by atoms with Crippen LogP contribution in [0.1, 0.15) is 44.2 Å². The van der Waals surface area contributed by atoms with Crippen LogP contribution in [0.25, 0.3) is 0 Å². The molecule has 0 aromatic heterocycles. The maximum absolute atomic E-state index is 3.71. The molecule has 1 saturated carbocycles. The van der Waals surface area contributed by atoms with Crippen LogP contribution in [-0.2, 0) is 6.42 Å². The molecule has 1 N–H and O–H groups in total. The van der Waals surface area contributed by atoms with Crippen molar-refractivity contribution in [2.24, 2.45) is 11.8 Å². The van der Waals surface area contributed by atoms with E-state index < -0.39 is 0 Å². The van der Waals surface area contributed by atoms with Crippen molar-refractivity contribution in [2.75, 3.05) is 6.54 Å². The molecule has 0 aliphatic heterocycles. The summed E-state index contributed by atoms with van der Waals surface area (Å²) in [4.78, 5) is 0. The maximum Gasteiger partial charge on any atom is 0.00955 e. The van der Waals surface area contributed by atoms with E-state index in [0.717, 1.165) is 17.9 Å². The number of rotatable bonds is 5. The Morgan fingerprint density at radius 3 is 2.83 bits per heavy atom. The lowest BCUT2D eigenvalue weighted by atomic mass is 9.89. The minimum Gasteiger partial charge on any atom is -0.314 e. The molecule has 1 nitrogen and oxygen atoms in total. The zero-order valence-corrected chi connectivity index (χ0v) is 12.1. The minimum atomic E-state index is 0.750. The fourth-order valence-electron chi connectivity index (χ4n) is 3.30. The molecule has 0 radical (unpaired) electrons. The first-order chi connectivity index (χ1) is 8.70. The number of benzene rings is 1. The molecule has 2 rings (SSSR count). The van der Waals surface area contributed by atoms with Crippen molar-refractivity contribution in [3.63, 3.8) is 0 Å². The summed E-state index contributed by atoms with van der Waals surface area (Å²) in [6.45, 7) is 8.04. The average Bonchev–Trinajstić information content (AvgIpc) is 2.69. The van der Waals surface area contributed by atoms with E-state index in [1.54, 1.807) is 0 Å². The van der Waals surface area contributed by atoms with Crippen molar-refractivity contribution < 1.29 is 0 Å². The SMILES string of the molecule is CCCNC1CCC(Cc2cccc(C)c2)C1C. The van der Waals surface area contributed by atoms with Crippen molar-refractivity contribution in [2.45, 2.75) is 52.5 Å². The van der Waals surface area contributed by atoms with Crippen LogP contribution in [-0.4, -0.2) is 12.6 Å². The number of hydrogen-bond acceptors (Lipinski definition) is 1. The Balaban J connectivity index is 1.91. The molecule has 0 heterocycles. The van der Waals surface area contributed by atoms with Crippen LogP contribution in [0.4, 0.5) is 0 Å². The van der Waals surface area contributed by atoms with Crippen molar-refractivity contribution in [1.82, 2.24) is 5.32 Å². The lowest BCUT2D eigenvalue weighted by molar-refractivity contribution is 0.351. The molecule has 1 aliphatic rings. The molecule has 1 fully saturated rings. The molecule has 1 aliphatic carbocycles. The topological polar surface area (TPSA) is 12.0 Å². The van der Waals surface area contributed by atoms with Crippen molar-refractivity contribution in [3.05, 3.63) is 35.4 Å². The van der Waals surface area contributed by atoms with E-state index in [1.165, 1.54) is 43.4 Å². The third-order valence-corrected chi connectivity index (χ3v) is 4.46. The molecule has 100 valence electrons. The molecule has 1 aromatic rings. The van der Waals surface area contributed by atoms with Gasteiger partial charge in [0.25, 0.3) is 0 Å². The first-order valence-corrected chi connectivity index (χ1v) is 7.49. The molecule has 3 unspecified atom stereocenters. The van der Waals surface area contributed by atoms with Gasteiger partial charge in [0.1, 0.15) is 0 Å². The summed E-state index contributed by atoms with van der Waals surface area (Å²) in [5.41, 5.74) is 2.90. The average molecular weight is 245 g/mol. The monoisotopic (exact) mass is 245 g/mol. The van der Waals surface area contributed by atoms with E-state index in [2.05, 4.69) is 50.4 Å². The summed E-state index contributed by atoms with van der Waals surface area (Å²) in [6.07, 6.45) is 5.24. The highest BCUT2D eigenvalue weighted by atomic mass is 14.9. The molecule has 0 amide bonds. The molecule has 1 heteroatoms. The van der Waals surface area contributed by atoms with Crippen LogP contribution >= 0.6 is 0 Å². The summed E-state index contributed by atoms with van der Waals surface area (Å²) in [7, 11) is 0. The van der Waals surface area contributed by atoms with Gasteiger partial charge in [-0.05, 0) is 56.6 Å². The Morgan fingerprint density at radius 2 is 2.11 bits per heavy atom. The largest absolute Gasteiger partial charge is 0.314 e. The van der Waals surface area contributed by atoms with Crippen LogP contribution in [0.3, 0.4) is 0 Å². The van der Waals surface area contributed by atoms with E-state index in [0.29, 0.717) is 0 Å². The Hall–Kier alpha value is -0.820. The molecule has 0 bridgehead atoms. The van der Waals surface area contributed by atoms with Gasteiger partial charge in [0.15, 0.2) is 0 Å². The standard InChI is InChI=1S/C17H27N/c1-4-10-18-17-9-8-16(14(17)3)12-15-7-5-6-13(2)11-15/h5-7,11,14,16-18H,4,8-10,12H2,1-3H3. The van der Waals surface area contributed by atoms with Gasteiger partial charge in [0.05, 0.1) is 0 Å². The second-order valence-electron chi connectivity index (χ2n) is 5.95. The second-order valence-corrected chi connectivity index (χ2v) is 5.95. The summed E-state index contributed by atoms with van der Waals surface area (Å²) in [6, 6.07) is 9.76. The van der Waals surface area contributed by atoms with E-state index in [1.807, 2.05) is 0 Å². The minimum absolute atomic E-state index is 0.750. The zero-order chi connectivity index (χ0) is 13.0. The van der Waals surface area contributed by atoms with E-state index in [-0.39, 0.29) is 0 Å². The summed E-state index contributed by atoms with van der Waals surface area (Å²) < 4.78 is 0. The smallest absolute Gasteiger partial charge is 0.00955 e. The van der Waals surface area contributed by atoms with Gasteiger partial charge in [-0.2, -0.15) is 0 Å². The van der Waals surface area contributed by atoms with Crippen molar-refractivity contribution in [3.8, 4) is 0 Å². The Morgan fingerprint density at radius 1 is 1.28 bits per heavy atom. The van der Waals surface area contributed by atoms with Crippen LogP contribution in [0.2, 0.25) is 0 Å². The lowest BCUT2D eigenvalue weighted by Crippen LogP contribution is -2.33. The lowest BCUT2D eigenvalue weighted by Gasteiger charge is -2.22. The highest BCUT2D eigenvalue weighted by molar-refractivity contribution is 5.23. The van der Waals surface area contributed by atoms with Crippen LogP contribution < -0.4 is 5.32 Å². The van der Waals surface area contributed by atoms with E-state index in [9.17, 15) is 0 Å². The van der Waals surface area contributed by atoms with E-state index in [4.69, 9.17) is 0 Å². The first kappa shape index (κ1) is 13.6. The second kappa shape index (κ2) is 6.38. The molecule has 3 atom stereocenters. The van der Waals surface area contributed by atoms with Gasteiger partial charge >= 0.3 is 0 Å². The first-order valence-electron chi connectivity index (χ1n) is 7.49. The Kier molecular flexibility index (Phi) is 4.82. The number of nitrogens with one attached hydrogen (secondary N) is 1. The number of aryl methyl sites for hydroxylation is 1. The highest BCUT2D eigenvalue weighted by Crippen LogP contribution is 2.34. The molecular formula is C17H27N. The highest BCUT2D eigenvalue weighted by Gasteiger charge is 2.31. The predicted molar refractivity (Wildman–Crippen MR) is 78.9 cm³/mol. The van der Waals surface area contributed by atoms with Crippen LogP contribution in [0, 0.1) is 18.8 Å². The summed E-state index contributed by atoms with van der Waals surface area (Å²) in [5, 5.41) is 3.71. The van der Waals surface area contributed by atoms with Crippen LogP contribution in [0.15, 0.2) is 24.3 Å².